The standard InChI is InChI=1S/C18H22N2O3S2/c1-18(9-11-25(22,23)13-18)20-16(21)12-19-17(15-8-5-10-24-15)14-6-3-2-4-7-14/h2-8,10,17,19H,9,11-13H2,1H3,(H,20,21)/t17-,18-/m0/s1. The zero-order valence-electron chi connectivity index (χ0n) is 14.1. The predicted octanol–water partition coefficient (Wildman–Crippen LogP) is 2.12. The van der Waals surface area contributed by atoms with E-state index in [4.69, 9.17) is 0 Å². The minimum absolute atomic E-state index is 0.0127. The van der Waals surface area contributed by atoms with Gasteiger partial charge in [0.05, 0.1) is 29.6 Å². The summed E-state index contributed by atoms with van der Waals surface area (Å²) in [6.07, 6.45) is 0.466. The van der Waals surface area contributed by atoms with Gasteiger partial charge in [0, 0.05) is 4.88 Å². The average molecular weight is 379 g/mol. The molecule has 1 aromatic heterocycles. The van der Waals surface area contributed by atoms with Crippen LogP contribution in [0.15, 0.2) is 47.8 Å². The van der Waals surface area contributed by atoms with E-state index in [1.807, 2.05) is 47.8 Å². The molecule has 1 saturated heterocycles. The van der Waals surface area contributed by atoms with Crippen molar-refractivity contribution in [1.82, 2.24) is 10.6 Å². The first-order chi connectivity index (χ1) is 11.9. The van der Waals surface area contributed by atoms with Gasteiger partial charge in [-0.15, -0.1) is 11.3 Å². The summed E-state index contributed by atoms with van der Waals surface area (Å²) in [7, 11) is -3.04. The second-order valence-corrected chi connectivity index (χ2v) is 9.85. The molecule has 7 heteroatoms. The summed E-state index contributed by atoms with van der Waals surface area (Å²) < 4.78 is 23.3. The van der Waals surface area contributed by atoms with Crippen LogP contribution in [0.2, 0.25) is 0 Å². The van der Waals surface area contributed by atoms with Crippen LogP contribution in [0, 0.1) is 0 Å². The molecule has 1 amide bonds. The third-order valence-electron chi connectivity index (χ3n) is 4.37. The molecule has 25 heavy (non-hydrogen) atoms. The van der Waals surface area contributed by atoms with Crippen LogP contribution in [0.25, 0.3) is 0 Å². The molecule has 0 aliphatic carbocycles. The number of sulfone groups is 1. The Bertz CT molecular complexity index is 819. The van der Waals surface area contributed by atoms with Crippen molar-refractivity contribution >= 4 is 27.1 Å². The average Bonchev–Trinajstić information content (AvgIpc) is 3.17. The molecule has 0 radical (unpaired) electrons. The molecule has 2 aromatic rings. The second-order valence-electron chi connectivity index (χ2n) is 6.69. The lowest BCUT2D eigenvalue weighted by Gasteiger charge is -2.25. The molecule has 5 nitrogen and oxygen atoms in total. The van der Waals surface area contributed by atoms with Gasteiger partial charge in [-0.1, -0.05) is 36.4 Å². The van der Waals surface area contributed by atoms with Gasteiger partial charge in [0.2, 0.25) is 5.91 Å². The topological polar surface area (TPSA) is 75.3 Å². The third-order valence-corrected chi connectivity index (χ3v) is 7.21. The number of carbonyl (C=O) groups excluding carboxylic acids is 1. The molecule has 0 spiro atoms. The Morgan fingerprint density at radius 3 is 2.60 bits per heavy atom. The molecule has 134 valence electrons. The summed E-state index contributed by atoms with van der Waals surface area (Å²) in [6, 6.07) is 13.9. The number of hydrogen-bond donors (Lipinski definition) is 2. The maximum atomic E-state index is 12.4. The van der Waals surface area contributed by atoms with Crippen molar-refractivity contribution < 1.29 is 13.2 Å². The van der Waals surface area contributed by atoms with E-state index in [0.29, 0.717) is 6.42 Å². The normalized spacial score (nSPS) is 23.2. The van der Waals surface area contributed by atoms with Crippen LogP contribution in [0.5, 0.6) is 0 Å². The minimum atomic E-state index is -3.04. The Balaban J connectivity index is 1.65. The lowest BCUT2D eigenvalue weighted by molar-refractivity contribution is -0.121. The molecule has 2 heterocycles. The SMILES string of the molecule is C[C@]1(NC(=O)CN[C@@H](c2ccccc2)c2cccs2)CCS(=O)(=O)C1. The van der Waals surface area contributed by atoms with Crippen molar-refractivity contribution in [2.45, 2.75) is 24.9 Å². The first kappa shape index (κ1) is 18.1. The molecule has 3 rings (SSSR count). The molecule has 1 fully saturated rings. The minimum Gasteiger partial charge on any atom is -0.349 e. The second kappa shape index (κ2) is 7.27. The van der Waals surface area contributed by atoms with Gasteiger partial charge in [0.1, 0.15) is 0 Å². The Labute approximate surface area is 152 Å². The molecule has 1 aromatic carbocycles. The zero-order valence-corrected chi connectivity index (χ0v) is 15.7. The number of nitrogens with one attached hydrogen (secondary N) is 2. The van der Waals surface area contributed by atoms with Gasteiger partial charge in [0.15, 0.2) is 9.84 Å². The van der Waals surface area contributed by atoms with Crippen molar-refractivity contribution in [3.8, 4) is 0 Å². The highest BCUT2D eigenvalue weighted by Crippen LogP contribution is 2.26. The fourth-order valence-corrected chi connectivity index (χ4v) is 6.09. The molecular formula is C18H22N2O3S2. The van der Waals surface area contributed by atoms with Crippen LogP contribution in [-0.2, 0) is 14.6 Å². The number of benzene rings is 1. The van der Waals surface area contributed by atoms with Crippen LogP contribution >= 0.6 is 11.3 Å². The van der Waals surface area contributed by atoms with Crippen LogP contribution < -0.4 is 10.6 Å². The van der Waals surface area contributed by atoms with Gasteiger partial charge in [0.25, 0.3) is 0 Å². The molecule has 2 N–H and O–H groups in total. The van der Waals surface area contributed by atoms with Gasteiger partial charge in [-0.05, 0) is 30.4 Å². The van der Waals surface area contributed by atoms with Gasteiger partial charge in [-0.25, -0.2) is 8.42 Å². The molecule has 0 saturated carbocycles. The Kier molecular flexibility index (Phi) is 5.27. The Morgan fingerprint density at radius 2 is 2.00 bits per heavy atom. The lowest BCUT2D eigenvalue weighted by Crippen LogP contribution is -2.50. The summed E-state index contributed by atoms with van der Waals surface area (Å²) >= 11 is 1.64. The van der Waals surface area contributed by atoms with E-state index < -0.39 is 15.4 Å². The largest absolute Gasteiger partial charge is 0.349 e. The van der Waals surface area contributed by atoms with E-state index in [9.17, 15) is 13.2 Å². The molecule has 2 atom stereocenters. The summed E-state index contributed by atoms with van der Waals surface area (Å²) in [6.45, 7) is 1.93. The first-order valence-electron chi connectivity index (χ1n) is 8.20. The van der Waals surface area contributed by atoms with E-state index >= 15 is 0 Å². The number of amides is 1. The third kappa shape index (κ3) is 4.68. The van der Waals surface area contributed by atoms with E-state index in [1.165, 1.54) is 0 Å². The molecule has 0 unspecified atom stereocenters. The van der Waals surface area contributed by atoms with Crippen molar-refractivity contribution in [3.05, 3.63) is 58.3 Å². The number of hydrogen-bond acceptors (Lipinski definition) is 5. The van der Waals surface area contributed by atoms with Crippen molar-refractivity contribution in [2.75, 3.05) is 18.1 Å². The monoisotopic (exact) mass is 378 g/mol. The molecule has 1 aliphatic rings. The van der Waals surface area contributed by atoms with Crippen molar-refractivity contribution in [3.63, 3.8) is 0 Å². The first-order valence-corrected chi connectivity index (χ1v) is 10.9. The van der Waals surface area contributed by atoms with E-state index in [2.05, 4.69) is 10.6 Å². The van der Waals surface area contributed by atoms with E-state index in [0.717, 1.165) is 10.4 Å². The quantitative estimate of drug-likeness (QED) is 0.807. The highest BCUT2D eigenvalue weighted by atomic mass is 32.2. The van der Waals surface area contributed by atoms with Gasteiger partial charge in [-0.3, -0.25) is 10.1 Å². The zero-order chi connectivity index (χ0) is 17.9. The highest BCUT2D eigenvalue weighted by molar-refractivity contribution is 7.91. The fourth-order valence-electron chi connectivity index (χ4n) is 3.17. The fraction of sp³-hybridized carbons (Fsp3) is 0.389. The van der Waals surface area contributed by atoms with E-state index in [1.54, 1.807) is 18.3 Å². The highest BCUT2D eigenvalue weighted by Gasteiger charge is 2.39. The number of carbonyl (C=O) groups is 1. The molecule has 1 aliphatic heterocycles. The van der Waals surface area contributed by atoms with E-state index in [-0.39, 0.29) is 30.0 Å². The Morgan fingerprint density at radius 1 is 1.24 bits per heavy atom. The number of rotatable bonds is 6. The van der Waals surface area contributed by atoms with Crippen LogP contribution in [0.3, 0.4) is 0 Å². The lowest BCUT2D eigenvalue weighted by atomic mass is 10.0. The van der Waals surface area contributed by atoms with Gasteiger partial charge < -0.3 is 5.32 Å². The summed E-state index contributed by atoms with van der Waals surface area (Å²) in [5, 5.41) is 8.20. The maximum absolute atomic E-state index is 12.4. The number of thiophene rings is 1. The molecular weight excluding hydrogens is 356 g/mol. The summed E-state index contributed by atoms with van der Waals surface area (Å²) in [4.78, 5) is 13.5. The predicted molar refractivity (Wildman–Crippen MR) is 100 cm³/mol. The molecule has 0 bridgehead atoms. The smallest absolute Gasteiger partial charge is 0.234 e. The van der Waals surface area contributed by atoms with Crippen LogP contribution in [-0.4, -0.2) is 37.9 Å². The van der Waals surface area contributed by atoms with Crippen molar-refractivity contribution in [1.29, 1.82) is 0 Å². The summed E-state index contributed by atoms with van der Waals surface area (Å²) in [5.41, 5.74) is 0.426. The van der Waals surface area contributed by atoms with Gasteiger partial charge >= 0.3 is 0 Å². The van der Waals surface area contributed by atoms with Crippen LogP contribution in [0.1, 0.15) is 29.8 Å². The maximum Gasteiger partial charge on any atom is 0.234 e. The van der Waals surface area contributed by atoms with Crippen molar-refractivity contribution in [2.24, 2.45) is 0 Å². The van der Waals surface area contributed by atoms with Gasteiger partial charge in [-0.2, -0.15) is 0 Å². The van der Waals surface area contributed by atoms with Crippen LogP contribution in [0.4, 0.5) is 0 Å². The summed E-state index contributed by atoms with van der Waals surface area (Å²) in [5.74, 6) is -0.0326. The Hall–Kier alpha value is -1.70.